The molecule has 1 aromatic carbocycles. The highest BCUT2D eigenvalue weighted by molar-refractivity contribution is 5.92. The second-order valence-electron chi connectivity index (χ2n) is 6.10. The molecular formula is C18H22N4O. The van der Waals surface area contributed by atoms with E-state index in [1.54, 1.807) is 6.07 Å². The molecule has 5 nitrogen and oxygen atoms in total. The monoisotopic (exact) mass is 310 g/mol. The van der Waals surface area contributed by atoms with Crippen LogP contribution in [-0.2, 0) is 11.2 Å². The van der Waals surface area contributed by atoms with Crippen LogP contribution in [0.25, 0.3) is 0 Å². The summed E-state index contributed by atoms with van der Waals surface area (Å²) < 4.78 is 0. The molecule has 0 unspecified atom stereocenters. The highest BCUT2D eigenvalue weighted by Gasteiger charge is 2.17. The summed E-state index contributed by atoms with van der Waals surface area (Å²) in [4.78, 5) is 12.1. The molecule has 0 bridgehead atoms. The zero-order valence-corrected chi connectivity index (χ0v) is 13.2. The molecular weight excluding hydrogens is 288 g/mol. The molecule has 1 amide bonds. The van der Waals surface area contributed by atoms with Gasteiger partial charge in [0.05, 0.1) is 12.1 Å². The molecule has 5 heteroatoms. The highest BCUT2D eigenvalue weighted by Crippen LogP contribution is 2.31. The fourth-order valence-electron chi connectivity index (χ4n) is 3.08. The first-order chi connectivity index (χ1) is 11.2. The minimum atomic E-state index is -0.136. The van der Waals surface area contributed by atoms with Crippen LogP contribution in [0.4, 0.5) is 11.5 Å². The van der Waals surface area contributed by atoms with Crippen LogP contribution in [0.2, 0.25) is 0 Å². The van der Waals surface area contributed by atoms with E-state index >= 15 is 0 Å². The fraction of sp³-hybridized carbons (Fsp3) is 0.389. The zero-order chi connectivity index (χ0) is 16.1. The number of carbonyl (C=O) groups is 1. The summed E-state index contributed by atoms with van der Waals surface area (Å²) in [5.74, 6) is 0.872. The molecule has 0 atom stereocenters. The van der Waals surface area contributed by atoms with Gasteiger partial charge < -0.3 is 11.1 Å². The molecule has 0 aliphatic heterocycles. The highest BCUT2D eigenvalue weighted by atomic mass is 16.1. The number of benzene rings is 1. The van der Waals surface area contributed by atoms with E-state index in [0.717, 1.165) is 11.3 Å². The summed E-state index contributed by atoms with van der Waals surface area (Å²) in [7, 11) is 0. The zero-order valence-electron chi connectivity index (χ0n) is 13.2. The van der Waals surface area contributed by atoms with Gasteiger partial charge in [0.1, 0.15) is 0 Å². The number of nitrogen functional groups attached to an aromatic ring is 1. The number of anilines is 2. The lowest BCUT2D eigenvalue weighted by Gasteiger charge is -2.20. The predicted molar refractivity (Wildman–Crippen MR) is 91.0 cm³/mol. The number of nitrogens with zero attached hydrogens (tertiary/aromatic N) is 2. The van der Waals surface area contributed by atoms with Gasteiger partial charge in [0.25, 0.3) is 0 Å². The summed E-state index contributed by atoms with van der Waals surface area (Å²) in [6, 6.07) is 11.2. The van der Waals surface area contributed by atoms with E-state index < -0.39 is 0 Å². The first kappa shape index (κ1) is 15.5. The van der Waals surface area contributed by atoms with Gasteiger partial charge in [0, 0.05) is 11.6 Å². The molecule has 1 aromatic heterocycles. The molecule has 23 heavy (non-hydrogen) atoms. The Labute approximate surface area is 136 Å². The van der Waals surface area contributed by atoms with Gasteiger partial charge in [-0.25, -0.2) is 0 Å². The normalized spacial score (nSPS) is 15.3. The van der Waals surface area contributed by atoms with Gasteiger partial charge in [0.15, 0.2) is 5.82 Å². The smallest absolute Gasteiger partial charge is 0.230 e. The van der Waals surface area contributed by atoms with Crippen molar-refractivity contribution in [3.05, 3.63) is 47.7 Å². The van der Waals surface area contributed by atoms with Crippen molar-refractivity contribution in [3.63, 3.8) is 0 Å². The van der Waals surface area contributed by atoms with Crippen LogP contribution < -0.4 is 11.1 Å². The van der Waals surface area contributed by atoms with E-state index in [-0.39, 0.29) is 12.3 Å². The number of carbonyl (C=O) groups excluding carboxylic acids is 1. The third kappa shape index (κ3) is 4.06. The predicted octanol–water partition coefficient (Wildman–Crippen LogP) is 3.29. The van der Waals surface area contributed by atoms with Crippen molar-refractivity contribution in [1.82, 2.24) is 10.2 Å². The summed E-state index contributed by atoms with van der Waals surface area (Å²) >= 11 is 0. The number of hydrogen-bond donors (Lipinski definition) is 2. The standard InChI is InChI=1S/C18H22N4O/c19-15-9-5-4-8-14(15)12-18(23)20-17-11-10-16(21-22-17)13-6-2-1-3-7-13/h4-5,8-11,13H,1-3,6-7,12,19H2,(H,20,22,23). The fourth-order valence-corrected chi connectivity index (χ4v) is 3.08. The molecule has 1 saturated carbocycles. The number of rotatable bonds is 4. The topological polar surface area (TPSA) is 80.9 Å². The molecule has 1 aliphatic rings. The Hall–Kier alpha value is -2.43. The molecule has 0 saturated heterocycles. The Kier molecular flexibility index (Phi) is 4.86. The van der Waals surface area contributed by atoms with E-state index in [0.29, 0.717) is 17.4 Å². The van der Waals surface area contributed by atoms with Crippen molar-refractivity contribution in [2.45, 2.75) is 44.4 Å². The van der Waals surface area contributed by atoms with Crippen molar-refractivity contribution in [1.29, 1.82) is 0 Å². The number of amides is 1. The van der Waals surface area contributed by atoms with Crippen molar-refractivity contribution >= 4 is 17.4 Å². The van der Waals surface area contributed by atoms with E-state index in [1.807, 2.05) is 30.3 Å². The van der Waals surface area contributed by atoms with Crippen LogP contribution >= 0.6 is 0 Å². The minimum Gasteiger partial charge on any atom is -0.398 e. The summed E-state index contributed by atoms with van der Waals surface area (Å²) in [5, 5.41) is 11.2. The SMILES string of the molecule is Nc1ccccc1CC(=O)Nc1ccc(C2CCCCC2)nn1. The molecule has 0 radical (unpaired) electrons. The van der Waals surface area contributed by atoms with E-state index in [2.05, 4.69) is 15.5 Å². The van der Waals surface area contributed by atoms with Crippen molar-refractivity contribution in [3.8, 4) is 0 Å². The second kappa shape index (κ2) is 7.22. The number of nitrogens with two attached hydrogens (primary N) is 1. The van der Waals surface area contributed by atoms with Gasteiger partial charge in [-0.2, -0.15) is 5.10 Å². The van der Waals surface area contributed by atoms with Crippen molar-refractivity contribution < 1.29 is 4.79 Å². The van der Waals surface area contributed by atoms with Gasteiger partial charge in [-0.05, 0) is 36.6 Å². The number of nitrogens with one attached hydrogen (secondary N) is 1. The van der Waals surface area contributed by atoms with Gasteiger partial charge in [0.2, 0.25) is 5.91 Å². The quantitative estimate of drug-likeness (QED) is 0.849. The summed E-state index contributed by atoms with van der Waals surface area (Å²) in [6.07, 6.45) is 6.47. The molecule has 3 N–H and O–H groups in total. The van der Waals surface area contributed by atoms with Crippen LogP contribution in [-0.4, -0.2) is 16.1 Å². The second-order valence-corrected chi connectivity index (χ2v) is 6.10. The van der Waals surface area contributed by atoms with Crippen LogP contribution in [0.5, 0.6) is 0 Å². The van der Waals surface area contributed by atoms with Crippen LogP contribution in [0.3, 0.4) is 0 Å². The molecule has 1 fully saturated rings. The third-order valence-corrected chi connectivity index (χ3v) is 4.38. The number of aromatic nitrogens is 2. The average molecular weight is 310 g/mol. The van der Waals surface area contributed by atoms with Crippen LogP contribution in [0, 0.1) is 0 Å². The first-order valence-corrected chi connectivity index (χ1v) is 8.19. The number of para-hydroxylation sites is 1. The lowest BCUT2D eigenvalue weighted by molar-refractivity contribution is -0.115. The largest absolute Gasteiger partial charge is 0.398 e. The van der Waals surface area contributed by atoms with E-state index in [1.165, 1.54) is 32.1 Å². The van der Waals surface area contributed by atoms with Gasteiger partial charge >= 0.3 is 0 Å². The molecule has 1 heterocycles. The first-order valence-electron chi connectivity index (χ1n) is 8.19. The summed E-state index contributed by atoms with van der Waals surface area (Å²) in [5.41, 5.74) is 8.34. The minimum absolute atomic E-state index is 0.136. The lowest BCUT2D eigenvalue weighted by atomic mass is 9.87. The maximum absolute atomic E-state index is 12.1. The van der Waals surface area contributed by atoms with Gasteiger partial charge in [-0.15, -0.1) is 5.10 Å². The van der Waals surface area contributed by atoms with Gasteiger partial charge in [-0.1, -0.05) is 37.5 Å². The average Bonchev–Trinajstić information content (AvgIpc) is 2.58. The Morgan fingerprint density at radius 3 is 2.57 bits per heavy atom. The number of hydrogen-bond acceptors (Lipinski definition) is 4. The Balaban J connectivity index is 1.59. The Bertz CT molecular complexity index is 663. The van der Waals surface area contributed by atoms with Crippen LogP contribution in [0.1, 0.15) is 49.3 Å². The van der Waals surface area contributed by atoms with E-state index in [4.69, 9.17) is 5.73 Å². The third-order valence-electron chi connectivity index (χ3n) is 4.38. The molecule has 120 valence electrons. The molecule has 3 rings (SSSR count). The maximum Gasteiger partial charge on any atom is 0.230 e. The summed E-state index contributed by atoms with van der Waals surface area (Å²) in [6.45, 7) is 0. The maximum atomic E-state index is 12.1. The lowest BCUT2D eigenvalue weighted by Crippen LogP contribution is -2.17. The van der Waals surface area contributed by atoms with E-state index in [9.17, 15) is 4.79 Å². The molecule has 2 aromatic rings. The Morgan fingerprint density at radius 1 is 1.09 bits per heavy atom. The van der Waals surface area contributed by atoms with Crippen LogP contribution in [0.15, 0.2) is 36.4 Å². The Morgan fingerprint density at radius 2 is 1.87 bits per heavy atom. The molecule has 0 spiro atoms. The van der Waals surface area contributed by atoms with Crippen molar-refractivity contribution in [2.24, 2.45) is 0 Å². The van der Waals surface area contributed by atoms with Crippen molar-refractivity contribution in [2.75, 3.05) is 11.1 Å². The molecule has 1 aliphatic carbocycles. The van der Waals surface area contributed by atoms with Gasteiger partial charge in [-0.3, -0.25) is 4.79 Å².